The number of rotatable bonds is 3. The minimum Gasteiger partial charge on any atom is -0.364 e. The van der Waals surface area contributed by atoms with Gasteiger partial charge in [-0.15, -0.1) is 0 Å². The summed E-state index contributed by atoms with van der Waals surface area (Å²) in [7, 11) is 0. The Morgan fingerprint density at radius 1 is 1.32 bits per heavy atom. The van der Waals surface area contributed by atoms with Crippen molar-refractivity contribution in [2.24, 2.45) is 11.3 Å². The summed E-state index contributed by atoms with van der Waals surface area (Å²) in [5.41, 5.74) is 2.74. The maximum absolute atomic E-state index is 14.3. The van der Waals surface area contributed by atoms with Crippen molar-refractivity contribution < 1.29 is 4.39 Å². The van der Waals surface area contributed by atoms with Crippen LogP contribution in [0.1, 0.15) is 31.7 Å². The van der Waals surface area contributed by atoms with E-state index in [1.165, 1.54) is 19.0 Å². The molecule has 0 radical (unpaired) electrons. The van der Waals surface area contributed by atoms with Crippen molar-refractivity contribution in [1.29, 1.82) is 0 Å². The molecule has 0 aromatic carbocycles. The lowest BCUT2D eigenvalue weighted by Gasteiger charge is -2.15. The summed E-state index contributed by atoms with van der Waals surface area (Å²) in [6, 6.07) is 2.27. The Kier molecular flexibility index (Phi) is 2.93. The number of aromatic nitrogens is 5. The molecule has 0 aliphatic heterocycles. The molecule has 7 heteroatoms. The van der Waals surface area contributed by atoms with Crippen molar-refractivity contribution in [1.82, 2.24) is 25.1 Å². The van der Waals surface area contributed by atoms with E-state index in [1.807, 2.05) is 13.0 Å². The highest BCUT2D eigenvalue weighted by atomic mass is 19.1. The molecule has 3 atom stereocenters. The smallest absolute Gasteiger partial charge is 0.183 e. The van der Waals surface area contributed by atoms with Crippen LogP contribution in [0.5, 0.6) is 0 Å². The van der Waals surface area contributed by atoms with Gasteiger partial charge in [-0.05, 0) is 49.1 Å². The number of fused-ring (bicyclic) bond motifs is 2. The molecule has 2 aliphatic rings. The molecule has 2 fully saturated rings. The normalized spacial score (nSPS) is 27.5. The monoisotopic (exact) mass is 338 g/mol. The molecule has 3 aromatic rings. The van der Waals surface area contributed by atoms with Gasteiger partial charge in [0.15, 0.2) is 23.1 Å². The molecule has 3 unspecified atom stereocenters. The highest BCUT2D eigenvalue weighted by Crippen LogP contribution is 2.63. The molecule has 0 amide bonds. The van der Waals surface area contributed by atoms with Crippen LogP contribution < -0.4 is 5.32 Å². The zero-order valence-electron chi connectivity index (χ0n) is 14.2. The van der Waals surface area contributed by atoms with Crippen molar-refractivity contribution in [2.75, 3.05) is 5.32 Å². The van der Waals surface area contributed by atoms with Crippen molar-refractivity contribution in [3.05, 3.63) is 29.8 Å². The van der Waals surface area contributed by atoms with Crippen molar-refractivity contribution >= 4 is 16.9 Å². The van der Waals surface area contributed by atoms with Gasteiger partial charge < -0.3 is 5.32 Å². The summed E-state index contributed by atoms with van der Waals surface area (Å²) in [5.74, 6) is 0.873. The van der Waals surface area contributed by atoms with Gasteiger partial charge in [0.05, 0.1) is 11.6 Å². The van der Waals surface area contributed by atoms with Gasteiger partial charge in [0, 0.05) is 12.2 Å². The molecule has 2 aliphatic carbocycles. The number of aromatic amines is 1. The van der Waals surface area contributed by atoms with Gasteiger partial charge in [-0.25, -0.2) is 19.3 Å². The molecule has 6 nitrogen and oxygen atoms in total. The quantitative estimate of drug-likeness (QED) is 0.764. The van der Waals surface area contributed by atoms with Gasteiger partial charge in [0.2, 0.25) is 0 Å². The first-order valence-corrected chi connectivity index (χ1v) is 8.64. The molecule has 128 valence electrons. The Morgan fingerprint density at radius 2 is 2.20 bits per heavy atom. The summed E-state index contributed by atoms with van der Waals surface area (Å²) in [6.07, 6.45) is 6.47. The van der Waals surface area contributed by atoms with E-state index in [9.17, 15) is 4.39 Å². The fourth-order valence-corrected chi connectivity index (χ4v) is 4.15. The Bertz CT molecular complexity index is 983. The van der Waals surface area contributed by atoms with Gasteiger partial charge in [-0.2, -0.15) is 5.10 Å². The number of anilines is 1. The predicted octanol–water partition coefficient (Wildman–Crippen LogP) is 3.46. The first-order valence-electron chi connectivity index (χ1n) is 8.64. The number of halogens is 1. The zero-order chi connectivity index (χ0) is 17.2. The minimum atomic E-state index is -0.424. The van der Waals surface area contributed by atoms with Crippen LogP contribution in [0, 0.1) is 24.1 Å². The lowest BCUT2D eigenvalue weighted by molar-refractivity contribution is 0.547. The number of pyridine rings is 1. The third-order valence-corrected chi connectivity index (χ3v) is 5.76. The number of hydrogen-bond donors (Lipinski definition) is 2. The van der Waals surface area contributed by atoms with Gasteiger partial charge in [0.25, 0.3) is 0 Å². The molecule has 0 saturated heterocycles. The lowest BCUT2D eigenvalue weighted by Crippen LogP contribution is -2.21. The fourth-order valence-electron chi connectivity index (χ4n) is 4.15. The highest BCUT2D eigenvalue weighted by molar-refractivity contribution is 5.89. The minimum absolute atomic E-state index is 0.267. The van der Waals surface area contributed by atoms with E-state index >= 15 is 0 Å². The largest absolute Gasteiger partial charge is 0.364 e. The molecular formula is C18H19FN6. The van der Waals surface area contributed by atoms with Crippen LogP contribution in [0.15, 0.2) is 18.5 Å². The summed E-state index contributed by atoms with van der Waals surface area (Å²) in [5, 5.41) is 11.3. The van der Waals surface area contributed by atoms with Gasteiger partial charge in [-0.1, -0.05) is 6.92 Å². The number of aryl methyl sites for hydroxylation is 1. The summed E-state index contributed by atoms with van der Waals surface area (Å²) in [4.78, 5) is 12.9. The van der Waals surface area contributed by atoms with Crippen LogP contribution in [0.3, 0.4) is 0 Å². The number of nitrogens with one attached hydrogen (secondary N) is 2. The first-order chi connectivity index (χ1) is 12.0. The van der Waals surface area contributed by atoms with Crippen LogP contribution in [0.25, 0.3) is 22.6 Å². The van der Waals surface area contributed by atoms with Crippen molar-refractivity contribution in [3.8, 4) is 11.5 Å². The van der Waals surface area contributed by atoms with Gasteiger partial charge >= 0.3 is 0 Å². The standard InChI is InChI=1S/C18H19FN6/c1-9-5-10-14(24-25-15(10)20-7-9)17-21-8-12(19)16(23-17)22-13-3-4-18(2)6-11(13)18/h5,7-8,11,13H,3-4,6H2,1-2H3,(H,20,24,25)(H,21,22,23). The zero-order valence-corrected chi connectivity index (χ0v) is 14.2. The molecule has 25 heavy (non-hydrogen) atoms. The Labute approximate surface area is 144 Å². The van der Waals surface area contributed by atoms with Crippen LogP contribution in [-0.2, 0) is 0 Å². The maximum atomic E-state index is 14.3. The maximum Gasteiger partial charge on any atom is 0.183 e. The first kappa shape index (κ1) is 14.7. The summed E-state index contributed by atoms with van der Waals surface area (Å²) >= 11 is 0. The van der Waals surface area contributed by atoms with E-state index in [2.05, 4.69) is 37.4 Å². The number of hydrogen-bond acceptors (Lipinski definition) is 5. The third-order valence-electron chi connectivity index (χ3n) is 5.76. The van der Waals surface area contributed by atoms with E-state index in [4.69, 9.17) is 0 Å². The molecule has 3 aromatic heterocycles. The van der Waals surface area contributed by atoms with E-state index in [0.29, 0.717) is 34.5 Å². The number of nitrogens with zero attached hydrogens (tertiary/aromatic N) is 4. The number of H-pyrrole nitrogens is 1. The second-order valence-corrected chi connectivity index (χ2v) is 7.63. The van der Waals surface area contributed by atoms with Crippen molar-refractivity contribution in [2.45, 2.75) is 39.2 Å². The van der Waals surface area contributed by atoms with E-state index in [1.54, 1.807) is 6.20 Å². The molecule has 0 spiro atoms. The Balaban J connectivity index is 1.51. The van der Waals surface area contributed by atoms with Gasteiger partial charge in [-0.3, -0.25) is 5.10 Å². The third kappa shape index (κ3) is 2.29. The Morgan fingerprint density at radius 3 is 2.96 bits per heavy atom. The summed E-state index contributed by atoms with van der Waals surface area (Å²) in [6.45, 7) is 4.28. The molecule has 2 saturated carbocycles. The van der Waals surface area contributed by atoms with E-state index in [0.717, 1.165) is 17.4 Å². The summed E-state index contributed by atoms with van der Waals surface area (Å²) < 4.78 is 14.3. The SMILES string of the molecule is Cc1cnc2[nH]nc(-c3ncc(F)c(NC4CCC5(C)CC45)n3)c2c1. The second kappa shape index (κ2) is 4.97. The van der Waals surface area contributed by atoms with Crippen LogP contribution in [-0.4, -0.2) is 31.2 Å². The van der Waals surface area contributed by atoms with Crippen LogP contribution in [0.4, 0.5) is 10.2 Å². The molecular weight excluding hydrogens is 319 g/mol. The molecule has 2 N–H and O–H groups in total. The molecule has 5 rings (SSSR count). The van der Waals surface area contributed by atoms with E-state index < -0.39 is 5.82 Å². The van der Waals surface area contributed by atoms with Crippen molar-refractivity contribution in [3.63, 3.8) is 0 Å². The highest BCUT2D eigenvalue weighted by Gasteiger charge is 2.58. The predicted molar refractivity (Wildman–Crippen MR) is 92.5 cm³/mol. The second-order valence-electron chi connectivity index (χ2n) is 7.63. The van der Waals surface area contributed by atoms with Gasteiger partial charge in [0.1, 0.15) is 5.69 Å². The fraction of sp³-hybridized carbons (Fsp3) is 0.444. The average molecular weight is 338 g/mol. The lowest BCUT2D eigenvalue weighted by atomic mass is 10.1. The molecule has 3 heterocycles. The molecule has 0 bridgehead atoms. The van der Waals surface area contributed by atoms with Crippen LogP contribution >= 0.6 is 0 Å². The van der Waals surface area contributed by atoms with E-state index in [-0.39, 0.29) is 5.82 Å². The topological polar surface area (TPSA) is 79.4 Å². The average Bonchev–Trinajstić information content (AvgIpc) is 2.95. The Hall–Kier alpha value is -2.57. The van der Waals surface area contributed by atoms with Crippen LogP contribution in [0.2, 0.25) is 0 Å².